The van der Waals surface area contributed by atoms with Crippen LogP contribution < -0.4 is 18.9 Å². The molecule has 4 rings (SSSR count). The number of methoxy groups -OCH3 is 3. The molecule has 0 saturated carbocycles. The molecule has 13 heteroatoms. The van der Waals surface area contributed by atoms with Crippen LogP contribution in [0.1, 0.15) is 5.56 Å². The van der Waals surface area contributed by atoms with E-state index < -0.39 is 10.0 Å². The number of aromatic nitrogens is 2. The van der Waals surface area contributed by atoms with Gasteiger partial charge in [0.2, 0.25) is 11.6 Å². The number of nitriles is 1. The number of ether oxygens (including phenoxy) is 3. The number of hydrogen-bond acceptors (Lipinski definition) is 10. The lowest BCUT2D eigenvalue weighted by atomic mass is 10.2. The van der Waals surface area contributed by atoms with E-state index in [1.807, 2.05) is 35.1 Å². The van der Waals surface area contributed by atoms with Gasteiger partial charge in [-0.3, -0.25) is 0 Å². The summed E-state index contributed by atoms with van der Waals surface area (Å²) in [7, 11) is 0.291. The lowest BCUT2D eigenvalue weighted by Crippen LogP contribution is -2.19. The molecule has 0 radical (unpaired) electrons. The Morgan fingerprint density at radius 3 is 2.34 bits per heavy atom. The highest BCUT2D eigenvalue weighted by Crippen LogP contribution is 2.42. The minimum absolute atomic E-state index is 0.0310. The van der Waals surface area contributed by atoms with Gasteiger partial charge in [0.05, 0.1) is 31.9 Å². The monoisotopic (exact) mass is 572 g/mol. The zero-order valence-corrected chi connectivity index (χ0v) is 22.8. The molecular formula is C25H21ClN4O6S2. The van der Waals surface area contributed by atoms with Crippen molar-refractivity contribution in [2.45, 2.75) is 15.5 Å². The van der Waals surface area contributed by atoms with Gasteiger partial charge < -0.3 is 18.7 Å². The second-order valence-corrected chi connectivity index (χ2v) is 10.7. The fourth-order valence-electron chi connectivity index (χ4n) is 3.55. The Kier molecular flexibility index (Phi) is 8.31. The van der Waals surface area contributed by atoms with Crippen LogP contribution in [0.2, 0.25) is 5.02 Å². The van der Waals surface area contributed by atoms with E-state index in [9.17, 15) is 8.42 Å². The number of nitrogens with one attached hydrogen (secondary N) is 1. The minimum atomic E-state index is -4.22. The summed E-state index contributed by atoms with van der Waals surface area (Å²) in [5, 5.41) is 13.2. The first-order valence-corrected chi connectivity index (χ1v) is 13.7. The van der Waals surface area contributed by atoms with Gasteiger partial charge in [0.1, 0.15) is 4.90 Å². The molecule has 0 aliphatic carbocycles. The second-order valence-electron chi connectivity index (χ2n) is 7.61. The molecule has 0 unspecified atom stereocenters. The normalized spacial score (nSPS) is 11.0. The summed E-state index contributed by atoms with van der Waals surface area (Å²) < 4.78 is 49.3. The Hall–Kier alpha value is -3.92. The lowest BCUT2D eigenvalue weighted by molar-refractivity contribution is 0.324. The first-order chi connectivity index (χ1) is 18.3. The van der Waals surface area contributed by atoms with E-state index in [1.54, 1.807) is 12.1 Å². The van der Waals surface area contributed by atoms with E-state index in [0.29, 0.717) is 33.7 Å². The van der Waals surface area contributed by atoms with Gasteiger partial charge in [-0.05, 0) is 29.8 Å². The molecule has 0 amide bonds. The van der Waals surface area contributed by atoms with Gasteiger partial charge in [0.15, 0.2) is 17.7 Å². The maximum atomic E-state index is 13.0. The van der Waals surface area contributed by atoms with Crippen LogP contribution >= 0.6 is 23.4 Å². The van der Waals surface area contributed by atoms with Gasteiger partial charge in [-0.25, -0.2) is 13.1 Å². The van der Waals surface area contributed by atoms with Gasteiger partial charge in [0, 0.05) is 16.2 Å². The first-order valence-electron chi connectivity index (χ1n) is 10.9. The van der Waals surface area contributed by atoms with E-state index in [1.165, 1.54) is 51.4 Å². The van der Waals surface area contributed by atoms with Crippen LogP contribution in [-0.4, -0.2) is 39.9 Å². The SMILES string of the molecule is COc1cc(CSc2cc(Cl)c(-c3nc(-c4ccccc4)no3)cc2S(=O)(=O)NC#N)cc(OC)c1OC. The van der Waals surface area contributed by atoms with Crippen molar-refractivity contribution in [3.63, 3.8) is 0 Å². The molecule has 0 fully saturated rings. The Balaban J connectivity index is 1.73. The van der Waals surface area contributed by atoms with Crippen LogP contribution in [0.4, 0.5) is 0 Å². The molecule has 0 atom stereocenters. The number of sulfonamides is 1. The molecule has 10 nitrogen and oxygen atoms in total. The maximum Gasteiger partial charge on any atom is 0.271 e. The Bertz CT molecular complexity index is 1580. The molecule has 3 aromatic carbocycles. The topological polar surface area (TPSA) is 137 Å². The fraction of sp³-hybridized carbons (Fsp3) is 0.160. The van der Waals surface area contributed by atoms with E-state index in [0.717, 1.165) is 11.1 Å². The zero-order chi connectivity index (χ0) is 27.3. The fourth-order valence-corrected chi connectivity index (χ4v) is 6.09. The van der Waals surface area contributed by atoms with E-state index in [2.05, 4.69) is 10.1 Å². The summed E-state index contributed by atoms with van der Waals surface area (Å²) >= 11 is 7.75. The molecule has 0 spiro atoms. The minimum Gasteiger partial charge on any atom is -0.493 e. The Labute approximate surface area is 228 Å². The third-order valence-corrected chi connectivity index (χ3v) is 8.16. The van der Waals surface area contributed by atoms with Crippen molar-refractivity contribution in [3.8, 4) is 46.3 Å². The number of hydrogen-bond donors (Lipinski definition) is 1. The first kappa shape index (κ1) is 27.1. The molecule has 1 heterocycles. The van der Waals surface area contributed by atoms with E-state index in [4.69, 9.17) is 35.6 Å². The third-order valence-electron chi connectivity index (χ3n) is 5.31. The number of thioether (sulfide) groups is 1. The van der Waals surface area contributed by atoms with E-state index >= 15 is 0 Å². The van der Waals surface area contributed by atoms with Crippen molar-refractivity contribution < 1.29 is 27.2 Å². The Morgan fingerprint density at radius 1 is 1.05 bits per heavy atom. The molecular weight excluding hydrogens is 552 g/mol. The van der Waals surface area contributed by atoms with Gasteiger partial charge in [0.25, 0.3) is 15.9 Å². The quantitative estimate of drug-likeness (QED) is 0.154. The number of halogens is 1. The van der Waals surface area contributed by atoms with Crippen LogP contribution in [0.3, 0.4) is 0 Å². The molecule has 1 aromatic heterocycles. The number of benzene rings is 3. The smallest absolute Gasteiger partial charge is 0.271 e. The van der Waals surface area contributed by atoms with Crippen LogP contribution in [0.15, 0.2) is 68.9 Å². The molecule has 0 aliphatic rings. The Morgan fingerprint density at radius 2 is 1.74 bits per heavy atom. The zero-order valence-electron chi connectivity index (χ0n) is 20.4. The molecule has 38 heavy (non-hydrogen) atoms. The van der Waals surface area contributed by atoms with Crippen molar-refractivity contribution in [2.24, 2.45) is 0 Å². The highest BCUT2D eigenvalue weighted by Gasteiger charge is 2.24. The van der Waals surface area contributed by atoms with Crippen molar-refractivity contribution in [2.75, 3.05) is 21.3 Å². The molecule has 0 saturated heterocycles. The molecule has 196 valence electrons. The summed E-state index contributed by atoms with van der Waals surface area (Å²) in [6.45, 7) is 0. The summed E-state index contributed by atoms with van der Waals surface area (Å²) in [6, 6.07) is 15.4. The van der Waals surface area contributed by atoms with Crippen molar-refractivity contribution in [3.05, 3.63) is 65.2 Å². The predicted molar refractivity (Wildman–Crippen MR) is 142 cm³/mol. The van der Waals surface area contributed by atoms with Crippen LogP contribution in [0, 0.1) is 11.5 Å². The average Bonchev–Trinajstić information content (AvgIpc) is 3.41. The highest BCUT2D eigenvalue weighted by atomic mass is 35.5. The van der Waals surface area contributed by atoms with Crippen LogP contribution in [0.25, 0.3) is 22.8 Å². The summed E-state index contributed by atoms with van der Waals surface area (Å²) in [5.41, 5.74) is 1.69. The van der Waals surface area contributed by atoms with Crippen molar-refractivity contribution >= 4 is 33.4 Å². The largest absolute Gasteiger partial charge is 0.493 e. The van der Waals surface area contributed by atoms with Crippen molar-refractivity contribution in [1.29, 1.82) is 5.26 Å². The average molecular weight is 573 g/mol. The third kappa shape index (κ3) is 5.65. The summed E-state index contributed by atoms with van der Waals surface area (Å²) in [6.07, 6.45) is 1.47. The van der Waals surface area contributed by atoms with Crippen molar-refractivity contribution in [1.82, 2.24) is 14.9 Å². The number of nitrogens with zero attached hydrogens (tertiary/aromatic N) is 3. The molecule has 0 bridgehead atoms. The predicted octanol–water partition coefficient (Wildman–Crippen LogP) is 5.13. The maximum absolute atomic E-state index is 13.0. The molecule has 0 aliphatic heterocycles. The molecule has 4 aromatic rings. The van der Waals surface area contributed by atoms with Crippen LogP contribution in [-0.2, 0) is 15.8 Å². The number of rotatable bonds is 10. The standard InChI is InChI=1S/C25H21ClN4O6S2/c1-33-19-9-15(10-20(34-2)23(19)35-3)13-37-21-12-18(26)17(11-22(21)38(31,32)28-14-27)25-29-24(30-36-25)16-7-5-4-6-8-16/h4-12,28H,13H2,1-3H3. The lowest BCUT2D eigenvalue weighted by Gasteiger charge is -2.15. The molecule has 1 N–H and O–H groups in total. The summed E-state index contributed by atoms with van der Waals surface area (Å²) in [5.74, 6) is 2.02. The highest BCUT2D eigenvalue weighted by molar-refractivity contribution is 7.99. The van der Waals surface area contributed by atoms with Gasteiger partial charge >= 0.3 is 0 Å². The van der Waals surface area contributed by atoms with Gasteiger partial charge in [-0.2, -0.15) is 10.2 Å². The van der Waals surface area contributed by atoms with E-state index in [-0.39, 0.29) is 21.4 Å². The second kappa shape index (κ2) is 11.6. The summed E-state index contributed by atoms with van der Waals surface area (Å²) in [4.78, 5) is 4.50. The van der Waals surface area contributed by atoms with Gasteiger partial charge in [-0.1, -0.05) is 47.1 Å². The van der Waals surface area contributed by atoms with Gasteiger partial charge in [-0.15, -0.1) is 11.8 Å². The van der Waals surface area contributed by atoms with Crippen LogP contribution in [0.5, 0.6) is 17.2 Å².